The number of aryl methyl sites for hydroxylation is 1. The topological polar surface area (TPSA) is 62.3 Å². The number of carbonyl (C=O) groups excluding carboxylic acids is 2. The molecule has 2 aliphatic rings. The van der Waals surface area contributed by atoms with Crippen LogP contribution in [-0.4, -0.2) is 23.3 Å². The van der Waals surface area contributed by atoms with Crippen LogP contribution in [0.2, 0.25) is 0 Å². The predicted molar refractivity (Wildman–Crippen MR) is 102 cm³/mol. The van der Waals surface area contributed by atoms with Crippen LogP contribution in [0.1, 0.15) is 43.9 Å². The average Bonchev–Trinajstić information content (AvgIpc) is 3.26. The van der Waals surface area contributed by atoms with E-state index in [4.69, 9.17) is 0 Å². The first-order chi connectivity index (χ1) is 12.5. The van der Waals surface area contributed by atoms with Crippen molar-refractivity contribution in [2.24, 2.45) is 11.3 Å². The van der Waals surface area contributed by atoms with E-state index in [1.165, 1.54) is 22.5 Å². The highest BCUT2D eigenvalue weighted by Gasteiger charge is 2.41. The molecule has 1 saturated heterocycles. The van der Waals surface area contributed by atoms with Crippen LogP contribution in [0.5, 0.6) is 0 Å². The van der Waals surface area contributed by atoms with Crippen molar-refractivity contribution in [2.45, 2.75) is 39.2 Å². The van der Waals surface area contributed by atoms with Gasteiger partial charge in [-0.25, -0.2) is 4.98 Å². The largest absolute Gasteiger partial charge is 0.348 e. The van der Waals surface area contributed by atoms with Crippen LogP contribution in [0, 0.1) is 11.3 Å². The van der Waals surface area contributed by atoms with Gasteiger partial charge in [-0.05, 0) is 29.4 Å². The Morgan fingerprint density at radius 2 is 2.15 bits per heavy atom. The molecule has 0 saturated carbocycles. The molecule has 2 atom stereocenters. The number of carbonyl (C=O) groups is 2. The van der Waals surface area contributed by atoms with Gasteiger partial charge in [-0.15, -0.1) is 11.3 Å². The molecule has 1 aliphatic heterocycles. The summed E-state index contributed by atoms with van der Waals surface area (Å²) in [5.41, 5.74) is 2.50. The minimum absolute atomic E-state index is 0.0123. The second-order valence-corrected chi connectivity index (χ2v) is 8.72. The number of anilines is 1. The van der Waals surface area contributed by atoms with Crippen LogP contribution in [0.4, 0.5) is 5.13 Å². The summed E-state index contributed by atoms with van der Waals surface area (Å²) in [4.78, 5) is 31.1. The van der Waals surface area contributed by atoms with Crippen LogP contribution in [-0.2, 0) is 16.0 Å². The van der Waals surface area contributed by atoms with Gasteiger partial charge in [-0.3, -0.25) is 14.5 Å². The molecule has 0 radical (unpaired) electrons. The van der Waals surface area contributed by atoms with Crippen LogP contribution in [0.25, 0.3) is 0 Å². The Morgan fingerprint density at radius 3 is 2.92 bits per heavy atom. The number of hydrogen-bond donors (Lipinski definition) is 1. The molecule has 6 heteroatoms. The third-order valence-corrected chi connectivity index (χ3v) is 6.41. The van der Waals surface area contributed by atoms with E-state index in [-0.39, 0.29) is 35.6 Å². The monoisotopic (exact) mass is 369 g/mol. The van der Waals surface area contributed by atoms with E-state index < -0.39 is 0 Å². The fourth-order valence-corrected chi connectivity index (χ4v) is 4.68. The van der Waals surface area contributed by atoms with E-state index in [1.807, 2.05) is 11.4 Å². The summed E-state index contributed by atoms with van der Waals surface area (Å²) in [5.74, 6) is -0.383. The lowest BCUT2D eigenvalue weighted by Crippen LogP contribution is -2.43. The van der Waals surface area contributed by atoms with Crippen molar-refractivity contribution >= 4 is 28.3 Å². The van der Waals surface area contributed by atoms with E-state index in [9.17, 15) is 9.59 Å². The SMILES string of the molecule is CC1(C)CCc2ccccc2[C@@H]1NC(=O)[C@H]1CC(=O)N(c2nccs2)C1. The van der Waals surface area contributed by atoms with Gasteiger partial charge in [0.25, 0.3) is 0 Å². The molecule has 5 nitrogen and oxygen atoms in total. The van der Waals surface area contributed by atoms with Gasteiger partial charge in [0, 0.05) is 24.5 Å². The number of hydrogen-bond acceptors (Lipinski definition) is 4. The maximum Gasteiger partial charge on any atom is 0.229 e. The molecular weight excluding hydrogens is 346 g/mol. The second-order valence-electron chi connectivity index (χ2n) is 7.85. The van der Waals surface area contributed by atoms with Crippen molar-refractivity contribution in [3.63, 3.8) is 0 Å². The highest BCUT2D eigenvalue weighted by atomic mass is 32.1. The third-order valence-electron chi connectivity index (χ3n) is 5.62. The minimum atomic E-state index is -0.323. The Bertz CT molecular complexity index is 831. The van der Waals surface area contributed by atoms with Crippen molar-refractivity contribution in [3.8, 4) is 0 Å². The lowest BCUT2D eigenvalue weighted by Gasteiger charge is -2.41. The Kier molecular flexibility index (Phi) is 4.31. The number of thiazole rings is 1. The Labute approximate surface area is 157 Å². The molecule has 26 heavy (non-hydrogen) atoms. The molecule has 2 heterocycles. The van der Waals surface area contributed by atoms with Crippen molar-refractivity contribution in [1.82, 2.24) is 10.3 Å². The lowest BCUT2D eigenvalue weighted by molar-refractivity contribution is -0.127. The number of nitrogens with zero attached hydrogens (tertiary/aromatic N) is 2. The van der Waals surface area contributed by atoms with E-state index in [2.05, 4.69) is 42.3 Å². The molecule has 2 aromatic rings. The van der Waals surface area contributed by atoms with E-state index >= 15 is 0 Å². The van der Waals surface area contributed by atoms with Crippen molar-refractivity contribution in [1.29, 1.82) is 0 Å². The van der Waals surface area contributed by atoms with Crippen molar-refractivity contribution in [2.75, 3.05) is 11.4 Å². The van der Waals surface area contributed by atoms with E-state index in [0.717, 1.165) is 12.8 Å². The fourth-order valence-electron chi connectivity index (χ4n) is 4.02. The summed E-state index contributed by atoms with van der Waals surface area (Å²) >= 11 is 1.43. The Hall–Kier alpha value is -2.21. The van der Waals surface area contributed by atoms with Crippen LogP contribution in [0.3, 0.4) is 0 Å². The first kappa shape index (κ1) is 17.2. The summed E-state index contributed by atoms with van der Waals surface area (Å²) in [6.07, 6.45) is 4.00. The minimum Gasteiger partial charge on any atom is -0.348 e. The fraction of sp³-hybridized carbons (Fsp3) is 0.450. The standard InChI is InChI=1S/C20H23N3O2S/c1-20(2)8-7-13-5-3-4-6-15(13)17(20)22-18(25)14-11-16(24)23(12-14)19-21-9-10-26-19/h3-6,9-10,14,17H,7-8,11-12H2,1-2H3,(H,22,25)/t14-,17-/m0/s1. The van der Waals surface area contributed by atoms with E-state index in [1.54, 1.807) is 11.1 Å². The zero-order chi connectivity index (χ0) is 18.3. The summed E-state index contributed by atoms with van der Waals surface area (Å²) in [7, 11) is 0. The highest BCUT2D eigenvalue weighted by molar-refractivity contribution is 7.13. The van der Waals surface area contributed by atoms with Gasteiger partial charge in [-0.1, -0.05) is 38.1 Å². The predicted octanol–water partition coefficient (Wildman–Crippen LogP) is 3.33. The van der Waals surface area contributed by atoms with Crippen molar-refractivity contribution in [3.05, 3.63) is 47.0 Å². The molecule has 1 aliphatic carbocycles. The van der Waals surface area contributed by atoms with Gasteiger partial charge in [0.2, 0.25) is 11.8 Å². The second kappa shape index (κ2) is 6.50. The first-order valence-electron chi connectivity index (χ1n) is 9.04. The number of fused-ring (bicyclic) bond motifs is 1. The van der Waals surface area contributed by atoms with Crippen LogP contribution >= 0.6 is 11.3 Å². The summed E-state index contributed by atoms with van der Waals surface area (Å²) in [6, 6.07) is 8.32. The van der Waals surface area contributed by atoms with Gasteiger partial charge >= 0.3 is 0 Å². The third kappa shape index (κ3) is 3.03. The highest BCUT2D eigenvalue weighted by Crippen LogP contribution is 2.43. The quantitative estimate of drug-likeness (QED) is 0.903. The first-order valence-corrected chi connectivity index (χ1v) is 9.92. The number of aromatic nitrogens is 1. The summed E-state index contributed by atoms with van der Waals surface area (Å²) in [6.45, 7) is 4.82. The maximum absolute atomic E-state index is 13.0. The zero-order valence-electron chi connectivity index (χ0n) is 15.1. The van der Waals surface area contributed by atoms with Crippen LogP contribution < -0.4 is 10.2 Å². The molecule has 1 aromatic heterocycles. The van der Waals surface area contributed by atoms with E-state index in [0.29, 0.717) is 11.7 Å². The average molecular weight is 369 g/mol. The molecule has 0 spiro atoms. The van der Waals surface area contributed by atoms with Gasteiger partial charge in [-0.2, -0.15) is 0 Å². The maximum atomic E-state index is 13.0. The molecule has 4 rings (SSSR count). The normalized spacial score (nSPS) is 24.4. The van der Waals surface area contributed by atoms with Gasteiger partial charge in [0.05, 0.1) is 12.0 Å². The molecule has 0 bridgehead atoms. The Morgan fingerprint density at radius 1 is 1.35 bits per heavy atom. The summed E-state index contributed by atoms with van der Waals surface area (Å²) in [5, 5.41) is 5.78. The number of rotatable bonds is 3. The number of amides is 2. The summed E-state index contributed by atoms with van der Waals surface area (Å²) < 4.78 is 0. The van der Waals surface area contributed by atoms with Crippen LogP contribution in [0.15, 0.2) is 35.8 Å². The molecule has 2 amide bonds. The van der Waals surface area contributed by atoms with Gasteiger partial charge < -0.3 is 5.32 Å². The lowest BCUT2D eigenvalue weighted by atomic mass is 9.70. The van der Waals surface area contributed by atoms with Gasteiger partial charge in [0.1, 0.15) is 0 Å². The Balaban J connectivity index is 1.52. The molecular formula is C20H23N3O2S. The molecule has 1 N–H and O–H groups in total. The van der Waals surface area contributed by atoms with Crippen molar-refractivity contribution < 1.29 is 9.59 Å². The molecule has 1 fully saturated rings. The number of nitrogens with one attached hydrogen (secondary N) is 1. The molecule has 0 unspecified atom stereocenters. The molecule has 1 aromatic carbocycles. The number of benzene rings is 1. The smallest absolute Gasteiger partial charge is 0.229 e. The van der Waals surface area contributed by atoms with Gasteiger partial charge in [0.15, 0.2) is 5.13 Å². The zero-order valence-corrected chi connectivity index (χ0v) is 15.9. The molecule has 136 valence electrons.